The number of carbonyl (C=O) groups is 1. The first-order chi connectivity index (χ1) is 10.7. The number of amides is 1. The van der Waals surface area contributed by atoms with Crippen molar-refractivity contribution < 1.29 is 4.79 Å². The molecule has 2 aromatic heterocycles. The topological polar surface area (TPSA) is 59.8 Å². The molecule has 2 heterocycles. The van der Waals surface area contributed by atoms with Crippen LogP contribution in [0.15, 0.2) is 48.9 Å². The predicted molar refractivity (Wildman–Crippen MR) is 85.4 cm³/mol. The van der Waals surface area contributed by atoms with E-state index in [9.17, 15) is 4.79 Å². The molecule has 22 heavy (non-hydrogen) atoms. The first kappa shape index (κ1) is 14.3. The zero-order valence-electron chi connectivity index (χ0n) is 12.5. The summed E-state index contributed by atoms with van der Waals surface area (Å²) in [6.07, 6.45) is 6.71. The minimum atomic E-state index is 0.0270. The molecule has 5 nitrogen and oxygen atoms in total. The Morgan fingerprint density at radius 3 is 3.00 bits per heavy atom. The SMILES string of the molecule is Cn1cc(CCNC(=O)Cc2ccc3cccnc3c2)cn1. The summed E-state index contributed by atoms with van der Waals surface area (Å²) < 4.78 is 1.76. The molecule has 0 saturated heterocycles. The van der Waals surface area contributed by atoms with Crippen LogP contribution in [0.5, 0.6) is 0 Å². The Kier molecular flexibility index (Phi) is 4.14. The van der Waals surface area contributed by atoms with Crippen molar-refractivity contribution in [3.05, 3.63) is 60.0 Å². The van der Waals surface area contributed by atoms with Gasteiger partial charge in [-0.15, -0.1) is 0 Å². The number of rotatable bonds is 5. The standard InChI is InChI=1S/C17H18N4O/c1-21-12-14(11-20-21)6-8-19-17(22)10-13-4-5-15-3-2-7-18-16(15)9-13/h2-5,7,9,11-12H,6,8,10H2,1H3,(H,19,22). The van der Waals surface area contributed by atoms with Crippen LogP contribution in [0.2, 0.25) is 0 Å². The van der Waals surface area contributed by atoms with E-state index in [0.29, 0.717) is 13.0 Å². The van der Waals surface area contributed by atoms with Crippen LogP contribution in [0, 0.1) is 0 Å². The lowest BCUT2D eigenvalue weighted by molar-refractivity contribution is -0.120. The van der Waals surface area contributed by atoms with Crippen molar-refractivity contribution in [3.8, 4) is 0 Å². The molecule has 3 aromatic rings. The number of aryl methyl sites for hydroxylation is 1. The van der Waals surface area contributed by atoms with E-state index in [1.165, 1.54) is 0 Å². The fraction of sp³-hybridized carbons (Fsp3) is 0.235. The molecule has 3 rings (SSSR count). The Bertz CT molecular complexity index is 794. The van der Waals surface area contributed by atoms with Crippen molar-refractivity contribution in [2.75, 3.05) is 6.54 Å². The number of pyridine rings is 1. The summed E-state index contributed by atoms with van der Waals surface area (Å²) in [7, 11) is 1.88. The largest absolute Gasteiger partial charge is 0.355 e. The molecule has 0 radical (unpaired) electrons. The zero-order chi connectivity index (χ0) is 15.4. The normalized spacial score (nSPS) is 10.8. The second-order valence-corrected chi connectivity index (χ2v) is 5.33. The number of carbonyl (C=O) groups excluding carboxylic acids is 1. The number of aromatic nitrogens is 3. The van der Waals surface area contributed by atoms with Crippen molar-refractivity contribution >= 4 is 16.8 Å². The Morgan fingerprint density at radius 1 is 1.27 bits per heavy atom. The summed E-state index contributed by atoms with van der Waals surface area (Å²) in [5, 5.41) is 8.13. The number of hydrogen-bond donors (Lipinski definition) is 1. The zero-order valence-corrected chi connectivity index (χ0v) is 12.5. The predicted octanol–water partition coefficient (Wildman–Crippen LogP) is 1.87. The quantitative estimate of drug-likeness (QED) is 0.781. The number of nitrogens with one attached hydrogen (secondary N) is 1. The van der Waals surface area contributed by atoms with Crippen molar-refractivity contribution in [3.63, 3.8) is 0 Å². The van der Waals surface area contributed by atoms with Gasteiger partial charge in [-0.05, 0) is 29.7 Å². The van der Waals surface area contributed by atoms with Crippen LogP contribution >= 0.6 is 0 Å². The third kappa shape index (κ3) is 3.49. The maximum Gasteiger partial charge on any atom is 0.224 e. The molecule has 1 amide bonds. The van der Waals surface area contributed by atoms with E-state index in [1.807, 2.05) is 49.8 Å². The van der Waals surface area contributed by atoms with E-state index in [2.05, 4.69) is 15.4 Å². The van der Waals surface area contributed by atoms with Crippen LogP contribution in [0.4, 0.5) is 0 Å². The highest BCUT2D eigenvalue weighted by Crippen LogP contribution is 2.13. The summed E-state index contributed by atoms with van der Waals surface area (Å²) >= 11 is 0. The van der Waals surface area contributed by atoms with Gasteiger partial charge in [0.15, 0.2) is 0 Å². The van der Waals surface area contributed by atoms with Crippen LogP contribution < -0.4 is 5.32 Å². The van der Waals surface area contributed by atoms with Gasteiger partial charge in [0.2, 0.25) is 5.91 Å². The van der Waals surface area contributed by atoms with E-state index in [4.69, 9.17) is 0 Å². The van der Waals surface area contributed by atoms with E-state index < -0.39 is 0 Å². The van der Waals surface area contributed by atoms with Crippen LogP contribution in [0.25, 0.3) is 10.9 Å². The summed E-state index contributed by atoms with van der Waals surface area (Å²) in [6, 6.07) is 9.87. The van der Waals surface area contributed by atoms with Crippen molar-refractivity contribution in [2.45, 2.75) is 12.8 Å². The van der Waals surface area contributed by atoms with Crippen molar-refractivity contribution in [2.24, 2.45) is 7.05 Å². The molecule has 1 aromatic carbocycles. The molecule has 112 valence electrons. The molecule has 0 aliphatic carbocycles. The maximum atomic E-state index is 12.0. The van der Waals surface area contributed by atoms with Gasteiger partial charge < -0.3 is 5.32 Å². The van der Waals surface area contributed by atoms with Gasteiger partial charge in [0.25, 0.3) is 0 Å². The van der Waals surface area contributed by atoms with E-state index in [-0.39, 0.29) is 5.91 Å². The number of benzene rings is 1. The average Bonchev–Trinajstić information content (AvgIpc) is 2.92. The Morgan fingerprint density at radius 2 is 2.18 bits per heavy atom. The van der Waals surface area contributed by atoms with Gasteiger partial charge in [0.05, 0.1) is 18.1 Å². The van der Waals surface area contributed by atoms with E-state index >= 15 is 0 Å². The van der Waals surface area contributed by atoms with Gasteiger partial charge in [-0.1, -0.05) is 18.2 Å². The van der Waals surface area contributed by atoms with Gasteiger partial charge in [-0.3, -0.25) is 14.5 Å². The molecule has 0 aliphatic rings. The highest BCUT2D eigenvalue weighted by Gasteiger charge is 2.05. The van der Waals surface area contributed by atoms with Crippen molar-refractivity contribution in [1.82, 2.24) is 20.1 Å². The Hall–Kier alpha value is -2.69. The molecule has 0 bridgehead atoms. The Labute approximate surface area is 129 Å². The van der Waals surface area contributed by atoms with Gasteiger partial charge in [-0.2, -0.15) is 5.10 Å². The molecule has 0 unspecified atom stereocenters. The molecule has 0 saturated carbocycles. The number of fused-ring (bicyclic) bond motifs is 1. The second-order valence-electron chi connectivity index (χ2n) is 5.33. The maximum absolute atomic E-state index is 12.0. The lowest BCUT2D eigenvalue weighted by atomic mass is 10.1. The van der Waals surface area contributed by atoms with Gasteiger partial charge in [0.1, 0.15) is 0 Å². The molecule has 0 aliphatic heterocycles. The molecule has 5 heteroatoms. The molecule has 0 atom stereocenters. The molecule has 0 spiro atoms. The lowest BCUT2D eigenvalue weighted by Gasteiger charge is -2.05. The van der Waals surface area contributed by atoms with Crippen molar-refractivity contribution in [1.29, 1.82) is 0 Å². The fourth-order valence-corrected chi connectivity index (χ4v) is 2.42. The van der Waals surface area contributed by atoms with E-state index in [1.54, 1.807) is 10.9 Å². The first-order valence-corrected chi connectivity index (χ1v) is 7.28. The summed E-state index contributed by atoms with van der Waals surface area (Å²) in [5.74, 6) is 0.0270. The second kappa shape index (κ2) is 6.39. The van der Waals surface area contributed by atoms with Gasteiger partial charge >= 0.3 is 0 Å². The molecule has 0 fully saturated rings. The van der Waals surface area contributed by atoms with Gasteiger partial charge in [0, 0.05) is 31.4 Å². The van der Waals surface area contributed by atoms with E-state index in [0.717, 1.165) is 28.5 Å². The highest BCUT2D eigenvalue weighted by molar-refractivity contribution is 5.82. The summed E-state index contributed by atoms with van der Waals surface area (Å²) in [5.41, 5.74) is 3.02. The lowest BCUT2D eigenvalue weighted by Crippen LogP contribution is -2.27. The average molecular weight is 294 g/mol. The first-order valence-electron chi connectivity index (χ1n) is 7.28. The number of nitrogens with zero attached hydrogens (tertiary/aromatic N) is 3. The summed E-state index contributed by atoms with van der Waals surface area (Å²) in [4.78, 5) is 16.3. The minimum Gasteiger partial charge on any atom is -0.355 e. The van der Waals surface area contributed by atoms with Crippen LogP contribution in [0.1, 0.15) is 11.1 Å². The smallest absolute Gasteiger partial charge is 0.224 e. The number of hydrogen-bond acceptors (Lipinski definition) is 3. The monoisotopic (exact) mass is 294 g/mol. The van der Waals surface area contributed by atoms with Crippen LogP contribution in [-0.2, 0) is 24.7 Å². The molecule has 1 N–H and O–H groups in total. The fourth-order valence-electron chi connectivity index (χ4n) is 2.42. The molecular weight excluding hydrogens is 276 g/mol. The third-order valence-corrected chi connectivity index (χ3v) is 3.53. The minimum absolute atomic E-state index is 0.0270. The highest BCUT2D eigenvalue weighted by atomic mass is 16.1. The van der Waals surface area contributed by atoms with Crippen LogP contribution in [-0.4, -0.2) is 27.2 Å². The van der Waals surface area contributed by atoms with Crippen LogP contribution in [0.3, 0.4) is 0 Å². The molecular formula is C17H18N4O. The van der Waals surface area contributed by atoms with Gasteiger partial charge in [-0.25, -0.2) is 0 Å². The Balaban J connectivity index is 1.54. The third-order valence-electron chi connectivity index (χ3n) is 3.53. The summed E-state index contributed by atoms with van der Waals surface area (Å²) in [6.45, 7) is 0.621.